The summed E-state index contributed by atoms with van der Waals surface area (Å²) >= 11 is 0. The molecular weight excluding hydrogens is 228 g/mol. The maximum Gasteiger partial charge on any atom is 0.233 e. The molecule has 1 aliphatic heterocycles. The van der Waals surface area contributed by atoms with Crippen LogP contribution in [-0.2, 0) is 9.59 Å². The van der Waals surface area contributed by atoms with Crippen molar-refractivity contribution in [2.24, 2.45) is 23.5 Å². The molecular formula is C14H24N2O2. The number of carbonyl (C=O) groups excluding carboxylic acids is 2. The van der Waals surface area contributed by atoms with E-state index in [1.54, 1.807) is 0 Å². The molecule has 3 unspecified atom stereocenters. The van der Waals surface area contributed by atoms with E-state index in [4.69, 9.17) is 5.73 Å². The number of fused-ring (bicyclic) bond motifs is 1. The fourth-order valence-corrected chi connectivity index (χ4v) is 3.67. The van der Waals surface area contributed by atoms with Gasteiger partial charge in [-0.3, -0.25) is 14.5 Å². The minimum atomic E-state index is -0.507. The highest BCUT2D eigenvalue weighted by Gasteiger charge is 2.54. The number of nitrogens with zero attached hydrogens (tertiary/aromatic N) is 1. The molecule has 4 nitrogen and oxygen atoms in total. The first-order valence-corrected chi connectivity index (χ1v) is 6.98. The lowest BCUT2D eigenvalue weighted by Crippen LogP contribution is -2.55. The number of carbonyl (C=O) groups is 2. The molecule has 1 aliphatic carbocycles. The van der Waals surface area contributed by atoms with E-state index in [-0.39, 0.29) is 23.7 Å². The predicted octanol–water partition coefficient (Wildman–Crippen LogP) is 1.54. The predicted molar refractivity (Wildman–Crippen MR) is 69.6 cm³/mol. The van der Waals surface area contributed by atoms with Crippen LogP contribution in [0.4, 0.5) is 0 Å². The summed E-state index contributed by atoms with van der Waals surface area (Å²) in [6.45, 7) is 6.49. The molecule has 2 N–H and O–H groups in total. The van der Waals surface area contributed by atoms with Crippen LogP contribution in [0.1, 0.15) is 46.5 Å². The molecule has 3 atom stereocenters. The second-order valence-electron chi connectivity index (χ2n) is 6.45. The summed E-state index contributed by atoms with van der Waals surface area (Å²) in [7, 11) is 0. The first kappa shape index (κ1) is 13.5. The second kappa shape index (κ2) is 4.65. The zero-order chi connectivity index (χ0) is 13.5. The van der Waals surface area contributed by atoms with Gasteiger partial charge in [0.15, 0.2) is 0 Å². The monoisotopic (exact) mass is 252 g/mol. The standard InChI is InChI=1S/C14H24N2O2/c1-9(2)7-14(3,8-15)16-12(17)10-5-4-6-11(10)13(16)18/h9-11H,4-8,15H2,1-3H3. The van der Waals surface area contributed by atoms with Crippen LogP contribution in [0.2, 0.25) is 0 Å². The largest absolute Gasteiger partial charge is 0.328 e. The Morgan fingerprint density at radius 1 is 1.28 bits per heavy atom. The Morgan fingerprint density at radius 3 is 2.17 bits per heavy atom. The Hall–Kier alpha value is -0.900. The number of rotatable bonds is 4. The molecule has 0 aromatic carbocycles. The molecule has 2 fully saturated rings. The Labute approximate surface area is 109 Å². The van der Waals surface area contributed by atoms with Crippen LogP contribution < -0.4 is 5.73 Å². The van der Waals surface area contributed by atoms with Crippen molar-refractivity contribution >= 4 is 11.8 Å². The Kier molecular flexibility index (Phi) is 3.49. The summed E-state index contributed by atoms with van der Waals surface area (Å²) in [4.78, 5) is 26.4. The van der Waals surface area contributed by atoms with Crippen molar-refractivity contribution in [1.82, 2.24) is 4.90 Å². The SMILES string of the molecule is CC(C)CC(C)(CN)N1C(=O)C2CCCC2C1=O. The molecule has 0 bridgehead atoms. The van der Waals surface area contributed by atoms with Gasteiger partial charge in [-0.1, -0.05) is 20.3 Å². The van der Waals surface area contributed by atoms with Crippen molar-refractivity contribution in [1.29, 1.82) is 0 Å². The zero-order valence-electron chi connectivity index (χ0n) is 11.6. The van der Waals surface area contributed by atoms with E-state index in [2.05, 4.69) is 13.8 Å². The highest BCUT2D eigenvalue weighted by atomic mass is 16.2. The third-order valence-electron chi connectivity index (χ3n) is 4.42. The number of hydrogen-bond acceptors (Lipinski definition) is 3. The Morgan fingerprint density at radius 2 is 1.78 bits per heavy atom. The molecule has 4 heteroatoms. The van der Waals surface area contributed by atoms with E-state index in [0.29, 0.717) is 12.5 Å². The van der Waals surface area contributed by atoms with Crippen molar-refractivity contribution in [2.45, 2.75) is 52.0 Å². The van der Waals surface area contributed by atoms with Crippen LogP contribution in [0.25, 0.3) is 0 Å². The van der Waals surface area contributed by atoms with Crippen molar-refractivity contribution in [2.75, 3.05) is 6.54 Å². The third kappa shape index (κ3) is 1.96. The van der Waals surface area contributed by atoms with Crippen LogP contribution in [-0.4, -0.2) is 28.8 Å². The Bertz CT molecular complexity index is 345. The van der Waals surface area contributed by atoms with E-state index >= 15 is 0 Å². The Balaban J connectivity index is 2.26. The second-order valence-corrected chi connectivity index (χ2v) is 6.45. The highest BCUT2D eigenvalue weighted by molar-refractivity contribution is 6.06. The molecule has 2 amide bonds. The fourth-order valence-electron chi connectivity index (χ4n) is 3.67. The maximum absolute atomic E-state index is 12.4. The van der Waals surface area contributed by atoms with Gasteiger partial charge in [0, 0.05) is 6.54 Å². The van der Waals surface area contributed by atoms with Gasteiger partial charge in [-0.2, -0.15) is 0 Å². The first-order valence-electron chi connectivity index (χ1n) is 6.98. The maximum atomic E-state index is 12.4. The number of hydrogen-bond donors (Lipinski definition) is 1. The van der Waals surface area contributed by atoms with Gasteiger partial charge >= 0.3 is 0 Å². The molecule has 1 saturated carbocycles. The van der Waals surface area contributed by atoms with E-state index in [0.717, 1.165) is 25.7 Å². The van der Waals surface area contributed by atoms with Gasteiger partial charge in [0.25, 0.3) is 0 Å². The molecule has 2 rings (SSSR count). The summed E-state index contributed by atoms with van der Waals surface area (Å²) in [6, 6.07) is 0. The molecule has 0 radical (unpaired) electrons. The smallest absolute Gasteiger partial charge is 0.233 e. The lowest BCUT2D eigenvalue weighted by molar-refractivity contribution is -0.147. The lowest BCUT2D eigenvalue weighted by atomic mass is 9.89. The average Bonchev–Trinajstić information content (AvgIpc) is 2.83. The van der Waals surface area contributed by atoms with E-state index < -0.39 is 5.54 Å². The molecule has 0 aromatic rings. The quantitative estimate of drug-likeness (QED) is 0.772. The molecule has 2 aliphatic rings. The van der Waals surface area contributed by atoms with Crippen LogP contribution in [0.3, 0.4) is 0 Å². The third-order valence-corrected chi connectivity index (χ3v) is 4.42. The van der Waals surface area contributed by atoms with Crippen LogP contribution in [0, 0.1) is 17.8 Å². The van der Waals surface area contributed by atoms with Crippen LogP contribution >= 0.6 is 0 Å². The van der Waals surface area contributed by atoms with Gasteiger partial charge in [0.2, 0.25) is 11.8 Å². The topological polar surface area (TPSA) is 63.4 Å². The first-order chi connectivity index (χ1) is 8.40. The summed E-state index contributed by atoms with van der Waals surface area (Å²) < 4.78 is 0. The minimum Gasteiger partial charge on any atom is -0.328 e. The summed E-state index contributed by atoms with van der Waals surface area (Å²) in [6.07, 6.45) is 3.52. The zero-order valence-corrected chi connectivity index (χ0v) is 11.6. The minimum absolute atomic E-state index is 0.0242. The molecule has 0 spiro atoms. The van der Waals surface area contributed by atoms with Crippen LogP contribution in [0.15, 0.2) is 0 Å². The van der Waals surface area contributed by atoms with Gasteiger partial charge in [0.05, 0.1) is 17.4 Å². The molecule has 102 valence electrons. The van der Waals surface area contributed by atoms with Gasteiger partial charge in [0.1, 0.15) is 0 Å². The summed E-state index contributed by atoms with van der Waals surface area (Å²) in [5, 5.41) is 0. The van der Waals surface area contributed by atoms with Gasteiger partial charge < -0.3 is 5.73 Å². The fraction of sp³-hybridized carbons (Fsp3) is 0.857. The van der Waals surface area contributed by atoms with Crippen molar-refractivity contribution in [3.63, 3.8) is 0 Å². The van der Waals surface area contributed by atoms with Crippen molar-refractivity contribution in [3.8, 4) is 0 Å². The number of imide groups is 1. The molecule has 1 heterocycles. The number of nitrogens with two attached hydrogens (primary N) is 1. The highest BCUT2D eigenvalue weighted by Crippen LogP contribution is 2.43. The van der Waals surface area contributed by atoms with E-state index in [1.165, 1.54) is 4.90 Å². The van der Waals surface area contributed by atoms with E-state index in [1.807, 2.05) is 6.92 Å². The number of likely N-dealkylation sites (tertiary alicyclic amines) is 1. The average molecular weight is 252 g/mol. The molecule has 0 aromatic heterocycles. The van der Waals surface area contributed by atoms with Crippen molar-refractivity contribution < 1.29 is 9.59 Å². The molecule has 1 saturated heterocycles. The lowest BCUT2D eigenvalue weighted by Gasteiger charge is -2.38. The van der Waals surface area contributed by atoms with Crippen LogP contribution in [0.5, 0.6) is 0 Å². The van der Waals surface area contributed by atoms with Crippen molar-refractivity contribution in [3.05, 3.63) is 0 Å². The van der Waals surface area contributed by atoms with Gasteiger partial charge in [-0.05, 0) is 32.1 Å². The van der Waals surface area contributed by atoms with Gasteiger partial charge in [-0.15, -0.1) is 0 Å². The summed E-state index contributed by atoms with van der Waals surface area (Å²) in [5.74, 6) is 0.345. The number of amides is 2. The summed E-state index contributed by atoms with van der Waals surface area (Å²) in [5.41, 5.74) is 5.36. The molecule has 18 heavy (non-hydrogen) atoms. The van der Waals surface area contributed by atoms with Gasteiger partial charge in [-0.25, -0.2) is 0 Å². The van der Waals surface area contributed by atoms with E-state index in [9.17, 15) is 9.59 Å². The normalized spacial score (nSPS) is 31.1.